The minimum absolute atomic E-state index is 0.00144. The smallest absolute Gasteiger partial charge is 0.359 e. The molecule has 174 valence electrons. The van der Waals surface area contributed by atoms with E-state index in [1.807, 2.05) is 0 Å². The van der Waals surface area contributed by atoms with Crippen LogP contribution in [0.5, 0.6) is 0 Å². The van der Waals surface area contributed by atoms with Gasteiger partial charge in [-0.25, -0.2) is 4.98 Å². The lowest BCUT2D eigenvalue weighted by molar-refractivity contribution is -0.0636. The highest BCUT2D eigenvalue weighted by molar-refractivity contribution is 7.54. The number of rotatable bonds is 7. The van der Waals surface area contributed by atoms with Gasteiger partial charge in [-0.05, 0) is 27.2 Å². The van der Waals surface area contributed by atoms with E-state index < -0.39 is 43.1 Å². The first-order valence-electron chi connectivity index (χ1n) is 9.62. The fourth-order valence-electron chi connectivity index (χ4n) is 3.37. The molecule has 0 radical (unpaired) electrons. The monoisotopic (exact) mass is 479 g/mol. The minimum atomic E-state index is -4.42. The highest BCUT2D eigenvalue weighted by Crippen LogP contribution is 2.58. The van der Waals surface area contributed by atoms with Crippen LogP contribution < -0.4 is 5.73 Å². The van der Waals surface area contributed by atoms with Crippen LogP contribution in [-0.4, -0.2) is 69.0 Å². The van der Waals surface area contributed by atoms with Gasteiger partial charge in [0.05, 0.1) is 18.0 Å². The summed E-state index contributed by atoms with van der Waals surface area (Å²) in [5, 5.41) is 29.4. The second kappa shape index (κ2) is 8.20. The molecule has 2 aromatic rings. The molecule has 3 heterocycles. The first-order chi connectivity index (χ1) is 14.2. The van der Waals surface area contributed by atoms with Gasteiger partial charge in [-0.2, -0.15) is 9.97 Å². The Balaban J connectivity index is 1.82. The minimum Gasteiger partial charge on any atom is -0.388 e. The van der Waals surface area contributed by atoms with Crippen LogP contribution in [0.25, 0.3) is 11.2 Å². The molecule has 1 fully saturated rings. The maximum atomic E-state index is 12.5. The van der Waals surface area contributed by atoms with Crippen LogP contribution in [0.2, 0.25) is 5.15 Å². The number of aliphatic hydroxyl groups is 3. The first kappa shape index (κ1) is 24.3. The average molecular weight is 480 g/mol. The number of nitrogens with zero attached hydrogens (tertiary/aromatic N) is 4. The zero-order valence-corrected chi connectivity index (χ0v) is 19.2. The van der Waals surface area contributed by atoms with Crippen LogP contribution in [0, 0.1) is 0 Å². The van der Waals surface area contributed by atoms with Crippen LogP contribution in [0.15, 0.2) is 6.33 Å². The topological polar surface area (TPSA) is 186 Å². The Hall–Kier alpha value is -1.37. The standard InChI is InChI=1S/C17H27ClN5O7P/c1-5-17(4,26)31(27,28)30-16(2,3)6-8-10(24)11(25)14(29-8)23-7-20-9-12(18)21-15(19)22-13(9)23/h7-8,10-11,14,24-26H,5-6H2,1-4H3,(H,27,28)(H2,19,21,22)/t8-,10-,11-,14-,17-/m1/s1. The summed E-state index contributed by atoms with van der Waals surface area (Å²) >= 11 is 6.03. The Kier molecular flexibility index (Phi) is 6.42. The summed E-state index contributed by atoms with van der Waals surface area (Å²) in [6.07, 6.45) is -3.48. The molecule has 6 N–H and O–H groups in total. The predicted octanol–water partition coefficient (Wildman–Crippen LogP) is 1.17. The van der Waals surface area contributed by atoms with Crippen molar-refractivity contribution in [3.05, 3.63) is 11.5 Å². The van der Waals surface area contributed by atoms with Crippen molar-refractivity contribution in [3.63, 3.8) is 0 Å². The molecule has 1 saturated heterocycles. The number of aromatic nitrogens is 4. The van der Waals surface area contributed by atoms with E-state index in [0.29, 0.717) is 0 Å². The number of imidazole rings is 1. The van der Waals surface area contributed by atoms with Gasteiger partial charge >= 0.3 is 7.60 Å². The predicted molar refractivity (Wildman–Crippen MR) is 111 cm³/mol. The average Bonchev–Trinajstić information content (AvgIpc) is 3.16. The van der Waals surface area contributed by atoms with Gasteiger partial charge in [-0.15, -0.1) is 0 Å². The molecule has 0 aromatic carbocycles. The van der Waals surface area contributed by atoms with Crippen LogP contribution in [0.3, 0.4) is 0 Å². The Morgan fingerprint density at radius 3 is 2.58 bits per heavy atom. The molecular formula is C17H27ClN5O7P. The lowest BCUT2D eigenvalue weighted by Crippen LogP contribution is -2.38. The number of aliphatic hydroxyl groups excluding tert-OH is 2. The van der Waals surface area contributed by atoms with E-state index in [4.69, 9.17) is 26.6 Å². The van der Waals surface area contributed by atoms with Crippen molar-refractivity contribution in [1.29, 1.82) is 0 Å². The quantitative estimate of drug-likeness (QED) is 0.283. The summed E-state index contributed by atoms with van der Waals surface area (Å²) in [6.45, 7) is 5.82. The second-order valence-electron chi connectivity index (χ2n) is 8.39. The summed E-state index contributed by atoms with van der Waals surface area (Å²) in [5.74, 6) is -0.0972. The van der Waals surface area contributed by atoms with Gasteiger partial charge in [0, 0.05) is 6.42 Å². The van der Waals surface area contributed by atoms with Crippen molar-refractivity contribution < 1.29 is 34.0 Å². The molecule has 0 aliphatic carbocycles. The fraction of sp³-hybridized carbons (Fsp3) is 0.706. The molecule has 31 heavy (non-hydrogen) atoms. The van der Waals surface area contributed by atoms with Crippen LogP contribution in [0.1, 0.15) is 46.8 Å². The van der Waals surface area contributed by atoms with Crippen molar-refractivity contribution in [2.24, 2.45) is 0 Å². The maximum absolute atomic E-state index is 12.5. The number of ether oxygens (including phenoxy) is 1. The molecule has 12 nitrogen and oxygen atoms in total. The summed E-state index contributed by atoms with van der Waals surface area (Å²) in [4.78, 5) is 22.2. The molecule has 0 spiro atoms. The third kappa shape index (κ3) is 4.57. The van der Waals surface area contributed by atoms with Crippen molar-refractivity contribution in [1.82, 2.24) is 19.5 Å². The number of nitrogens with two attached hydrogens (primary N) is 1. The van der Waals surface area contributed by atoms with Crippen LogP contribution >= 0.6 is 19.2 Å². The van der Waals surface area contributed by atoms with Crippen LogP contribution in [0.4, 0.5) is 5.95 Å². The van der Waals surface area contributed by atoms with Crippen molar-refractivity contribution in [3.8, 4) is 0 Å². The molecule has 0 bridgehead atoms. The van der Waals surface area contributed by atoms with Gasteiger partial charge in [0.25, 0.3) is 0 Å². The number of nitrogen functional groups attached to an aromatic ring is 1. The molecule has 1 unspecified atom stereocenters. The van der Waals surface area contributed by atoms with Gasteiger partial charge < -0.3 is 35.2 Å². The number of hydrogen-bond donors (Lipinski definition) is 5. The molecule has 6 atom stereocenters. The van der Waals surface area contributed by atoms with Gasteiger partial charge in [-0.3, -0.25) is 9.13 Å². The molecule has 3 rings (SSSR count). The van der Waals surface area contributed by atoms with Crippen LogP contribution in [-0.2, 0) is 13.8 Å². The van der Waals surface area contributed by atoms with Gasteiger partial charge in [0.15, 0.2) is 22.4 Å². The first-order valence-corrected chi connectivity index (χ1v) is 11.6. The SMILES string of the molecule is CC[C@](C)(O)P(=O)(O)OC(C)(C)C[C@H]1O[C@@H](n2cnc3c(Cl)nc(N)nc32)[C@H](O)[C@@H]1O. The zero-order valence-electron chi connectivity index (χ0n) is 17.5. The van der Waals surface area contributed by atoms with Crippen molar-refractivity contribution in [2.75, 3.05) is 5.73 Å². The zero-order chi connectivity index (χ0) is 23.4. The molecular weight excluding hydrogens is 453 g/mol. The van der Waals surface area contributed by atoms with E-state index in [-0.39, 0.29) is 35.1 Å². The van der Waals surface area contributed by atoms with E-state index in [2.05, 4.69) is 15.0 Å². The summed E-state index contributed by atoms with van der Waals surface area (Å²) in [5.41, 5.74) is 4.82. The van der Waals surface area contributed by atoms with E-state index in [1.54, 1.807) is 6.92 Å². The lowest BCUT2D eigenvalue weighted by atomic mass is 9.97. The van der Waals surface area contributed by atoms with E-state index in [1.165, 1.54) is 31.7 Å². The van der Waals surface area contributed by atoms with Gasteiger partial charge in [0.2, 0.25) is 5.95 Å². The summed E-state index contributed by atoms with van der Waals surface area (Å²) < 4.78 is 25.1. The molecule has 2 aromatic heterocycles. The van der Waals surface area contributed by atoms with Crippen molar-refractivity contribution in [2.45, 2.75) is 76.0 Å². The number of fused-ring (bicyclic) bond motifs is 1. The maximum Gasteiger partial charge on any atom is 0.359 e. The molecule has 1 aliphatic rings. The normalized spacial score (nSPS) is 28.5. The van der Waals surface area contributed by atoms with Gasteiger partial charge in [-0.1, -0.05) is 18.5 Å². The largest absolute Gasteiger partial charge is 0.388 e. The lowest BCUT2D eigenvalue weighted by Gasteiger charge is -2.35. The highest BCUT2D eigenvalue weighted by Gasteiger charge is 2.50. The number of hydrogen-bond acceptors (Lipinski definition) is 10. The van der Waals surface area contributed by atoms with E-state index in [9.17, 15) is 24.8 Å². The van der Waals surface area contributed by atoms with Crippen molar-refractivity contribution >= 4 is 36.3 Å². The molecule has 14 heteroatoms. The Labute approximate surface area is 183 Å². The Bertz CT molecular complexity index is 1020. The van der Waals surface area contributed by atoms with E-state index in [0.717, 1.165) is 0 Å². The molecule has 0 saturated carbocycles. The Morgan fingerprint density at radius 1 is 1.32 bits per heavy atom. The Morgan fingerprint density at radius 2 is 1.97 bits per heavy atom. The highest BCUT2D eigenvalue weighted by atomic mass is 35.5. The molecule has 1 aliphatic heterocycles. The summed E-state index contributed by atoms with van der Waals surface area (Å²) in [7, 11) is -4.42. The second-order valence-corrected chi connectivity index (χ2v) is 10.9. The van der Waals surface area contributed by atoms with E-state index >= 15 is 0 Å². The number of halogens is 1. The molecule has 0 amide bonds. The fourth-order valence-corrected chi connectivity index (χ4v) is 4.93. The van der Waals surface area contributed by atoms with Gasteiger partial charge in [0.1, 0.15) is 17.7 Å². The third-order valence-corrected chi connectivity index (χ3v) is 7.89. The number of anilines is 1. The third-order valence-electron chi connectivity index (χ3n) is 5.35. The summed E-state index contributed by atoms with van der Waals surface area (Å²) in [6, 6.07) is 0.